The van der Waals surface area contributed by atoms with Gasteiger partial charge in [-0.2, -0.15) is 0 Å². The van der Waals surface area contributed by atoms with Gasteiger partial charge in [-0.15, -0.1) is 0 Å². The van der Waals surface area contributed by atoms with E-state index in [1.807, 2.05) is 27.2 Å². The lowest BCUT2D eigenvalue weighted by Gasteiger charge is -2.25. The summed E-state index contributed by atoms with van der Waals surface area (Å²) in [5.41, 5.74) is 0. The van der Waals surface area contributed by atoms with Gasteiger partial charge in [0, 0.05) is 6.42 Å². The number of phosphoric ester groups is 1. The lowest BCUT2D eigenvalue weighted by atomic mass is 10.0. The van der Waals surface area contributed by atoms with Gasteiger partial charge in [-0.05, 0) is 64.2 Å². The number of carbonyl (C=O) groups is 1. The number of nitrogens with one attached hydrogen (secondary N) is 1. The summed E-state index contributed by atoms with van der Waals surface area (Å²) in [7, 11) is 1.56. The molecule has 0 aromatic heterocycles. The van der Waals surface area contributed by atoms with Gasteiger partial charge in [0.1, 0.15) is 13.2 Å². The molecule has 406 valence electrons. The van der Waals surface area contributed by atoms with Crippen molar-refractivity contribution < 1.29 is 32.9 Å². The van der Waals surface area contributed by atoms with Crippen LogP contribution in [0.15, 0.2) is 48.6 Å². The molecule has 0 fully saturated rings. The summed E-state index contributed by atoms with van der Waals surface area (Å²) in [5, 5.41) is 13.8. The number of carbonyl (C=O) groups excluding carboxylic acids is 1. The first-order chi connectivity index (χ1) is 33.5. The Morgan fingerprint density at radius 1 is 0.493 bits per heavy atom. The van der Waals surface area contributed by atoms with Crippen LogP contribution in [0, 0.1) is 0 Å². The minimum absolute atomic E-state index is 0.0562. The number of aliphatic hydroxyl groups excluding tert-OH is 1. The van der Waals surface area contributed by atoms with Gasteiger partial charge >= 0.3 is 7.82 Å². The van der Waals surface area contributed by atoms with E-state index in [4.69, 9.17) is 9.05 Å². The van der Waals surface area contributed by atoms with E-state index in [1.165, 1.54) is 212 Å². The predicted octanol–water partition coefficient (Wildman–Crippen LogP) is 17.9. The molecule has 8 nitrogen and oxygen atoms in total. The maximum absolute atomic E-state index is 12.9. The number of amides is 1. The third kappa shape index (κ3) is 54.1. The number of nitrogens with zero attached hydrogens (tertiary/aromatic N) is 1. The summed E-state index contributed by atoms with van der Waals surface area (Å²) in [6.45, 7) is 4.79. The molecule has 3 atom stereocenters. The van der Waals surface area contributed by atoms with Crippen molar-refractivity contribution in [3.05, 3.63) is 48.6 Å². The lowest BCUT2D eigenvalue weighted by Crippen LogP contribution is -2.45. The van der Waals surface area contributed by atoms with Gasteiger partial charge in [-0.3, -0.25) is 13.8 Å². The zero-order valence-electron chi connectivity index (χ0n) is 46.3. The van der Waals surface area contributed by atoms with Crippen molar-refractivity contribution in [3.8, 4) is 0 Å². The fourth-order valence-electron chi connectivity index (χ4n) is 8.62. The summed E-state index contributed by atoms with van der Waals surface area (Å²) in [6.07, 6.45) is 68.2. The minimum Gasteiger partial charge on any atom is -0.387 e. The first-order valence-corrected chi connectivity index (χ1v) is 31.0. The van der Waals surface area contributed by atoms with E-state index >= 15 is 0 Å². The van der Waals surface area contributed by atoms with Crippen LogP contribution in [0.3, 0.4) is 0 Å². The molecule has 3 unspecified atom stereocenters. The second kappa shape index (κ2) is 51.4. The van der Waals surface area contributed by atoms with Crippen LogP contribution in [0.25, 0.3) is 0 Å². The number of hydrogen-bond acceptors (Lipinski definition) is 5. The number of rotatable bonds is 54. The van der Waals surface area contributed by atoms with E-state index < -0.39 is 20.0 Å². The molecule has 3 N–H and O–H groups in total. The average molecular weight is 993 g/mol. The Kier molecular flexibility index (Phi) is 50.2. The normalized spacial score (nSPS) is 14.2. The standard InChI is InChI=1S/C60H115N2O6P/c1-6-8-10-12-14-16-18-20-21-22-23-24-25-26-27-28-29-30-31-32-33-34-35-36-37-38-39-40-41-42-44-46-48-50-52-54-60(64)61-58(57-68-69(65,66)67-56-55-62(3,4)5)59(63)53-51-49-47-45-43-19-17-15-13-11-9-7-2/h25-26,28-29,43,45,51,53,58-59,63H,6-24,27,30-42,44,46-50,52,54-57H2,1-5H3,(H-,61,64,65,66)/p+1/b26-25-,29-28-,45-43+,53-51+. The number of allylic oxidation sites excluding steroid dienone is 7. The Morgan fingerprint density at radius 2 is 0.841 bits per heavy atom. The third-order valence-electron chi connectivity index (χ3n) is 13.3. The molecule has 69 heavy (non-hydrogen) atoms. The lowest BCUT2D eigenvalue weighted by molar-refractivity contribution is -0.870. The van der Waals surface area contributed by atoms with E-state index in [-0.39, 0.29) is 19.1 Å². The van der Waals surface area contributed by atoms with Gasteiger partial charge in [0.15, 0.2) is 0 Å². The molecule has 0 rings (SSSR count). The fourth-order valence-corrected chi connectivity index (χ4v) is 9.36. The molecule has 0 bridgehead atoms. The number of aliphatic hydroxyl groups is 1. The zero-order valence-corrected chi connectivity index (χ0v) is 47.2. The van der Waals surface area contributed by atoms with Crippen molar-refractivity contribution in [1.82, 2.24) is 5.32 Å². The zero-order chi connectivity index (χ0) is 50.6. The largest absolute Gasteiger partial charge is 0.472 e. The Balaban J connectivity index is 3.97. The maximum atomic E-state index is 12.9. The van der Waals surface area contributed by atoms with E-state index in [9.17, 15) is 19.4 Å². The van der Waals surface area contributed by atoms with Crippen LogP contribution in [0.4, 0.5) is 0 Å². The molecule has 0 aromatic rings. The van der Waals surface area contributed by atoms with Crippen molar-refractivity contribution in [1.29, 1.82) is 0 Å². The summed E-state index contributed by atoms with van der Waals surface area (Å²) in [6, 6.07) is -0.862. The molecule has 0 radical (unpaired) electrons. The summed E-state index contributed by atoms with van der Waals surface area (Å²) >= 11 is 0. The maximum Gasteiger partial charge on any atom is 0.472 e. The van der Waals surface area contributed by atoms with Crippen LogP contribution in [0.5, 0.6) is 0 Å². The van der Waals surface area contributed by atoms with Crippen LogP contribution >= 0.6 is 7.82 Å². The summed E-state index contributed by atoms with van der Waals surface area (Å²) in [5.74, 6) is -0.186. The Hall–Kier alpha value is -1.54. The smallest absolute Gasteiger partial charge is 0.387 e. The molecule has 0 aliphatic carbocycles. The van der Waals surface area contributed by atoms with Gasteiger partial charge in [-0.25, -0.2) is 4.57 Å². The Labute approximate surface area is 429 Å². The topological polar surface area (TPSA) is 105 Å². The van der Waals surface area contributed by atoms with Crippen molar-refractivity contribution in [2.75, 3.05) is 40.9 Å². The fraction of sp³-hybridized carbons (Fsp3) is 0.850. The van der Waals surface area contributed by atoms with Crippen LogP contribution < -0.4 is 5.32 Å². The van der Waals surface area contributed by atoms with E-state index in [2.05, 4.69) is 55.6 Å². The van der Waals surface area contributed by atoms with Crippen molar-refractivity contribution >= 4 is 13.7 Å². The molecule has 0 spiro atoms. The third-order valence-corrected chi connectivity index (χ3v) is 14.3. The SMILES string of the molecule is CCCCCCCC/C=C/CC/C=C/C(O)C(COP(=O)(O)OCC[N+](C)(C)C)NC(=O)CCCCCCCCCCCCCCCCCCC/C=C\C/C=C\CCCCCCCCCCCCC. The Bertz CT molecular complexity index is 1260. The monoisotopic (exact) mass is 992 g/mol. The molecule has 1 amide bonds. The average Bonchev–Trinajstić information content (AvgIpc) is 3.31. The summed E-state index contributed by atoms with van der Waals surface area (Å²) in [4.78, 5) is 23.2. The van der Waals surface area contributed by atoms with Crippen LogP contribution in [0.1, 0.15) is 277 Å². The highest BCUT2D eigenvalue weighted by molar-refractivity contribution is 7.47. The molecule has 0 aromatic carbocycles. The molecule has 0 saturated carbocycles. The summed E-state index contributed by atoms with van der Waals surface area (Å²) < 4.78 is 23.6. The van der Waals surface area contributed by atoms with Crippen molar-refractivity contribution in [2.45, 2.75) is 289 Å². The van der Waals surface area contributed by atoms with Gasteiger partial charge < -0.3 is 19.8 Å². The molecule has 9 heteroatoms. The molecule has 0 heterocycles. The predicted molar refractivity (Wildman–Crippen MR) is 300 cm³/mol. The van der Waals surface area contributed by atoms with Crippen LogP contribution in [0.2, 0.25) is 0 Å². The van der Waals surface area contributed by atoms with Crippen molar-refractivity contribution in [3.63, 3.8) is 0 Å². The highest BCUT2D eigenvalue weighted by Gasteiger charge is 2.27. The quantitative estimate of drug-likeness (QED) is 0.0243. The number of hydrogen-bond donors (Lipinski definition) is 3. The van der Waals surface area contributed by atoms with Gasteiger partial charge in [0.2, 0.25) is 5.91 Å². The van der Waals surface area contributed by atoms with Crippen LogP contribution in [-0.4, -0.2) is 73.4 Å². The number of likely N-dealkylation sites (N-methyl/N-ethyl adjacent to an activating group) is 1. The second-order valence-electron chi connectivity index (χ2n) is 21.4. The first kappa shape index (κ1) is 67.5. The Morgan fingerprint density at radius 3 is 1.25 bits per heavy atom. The number of phosphoric acid groups is 1. The van der Waals surface area contributed by atoms with Gasteiger partial charge in [0.25, 0.3) is 0 Å². The van der Waals surface area contributed by atoms with E-state index in [0.29, 0.717) is 17.4 Å². The first-order valence-electron chi connectivity index (χ1n) is 29.5. The van der Waals surface area contributed by atoms with Crippen LogP contribution in [-0.2, 0) is 18.4 Å². The van der Waals surface area contributed by atoms with E-state index in [1.54, 1.807) is 6.08 Å². The molecular formula is C60H116N2O6P+. The minimum atomic E-state index is -4.35. The second-order valence-corrected chi connectivity index (χ2v) is 22.8. The highest BCUT2D eigenvalue weighted by atomic mass is 31.2. The molecular weight excluding hydrogens is 876 g/mol. The molecule has 0 aliphatic rings. The molecule has 0 saturated heterocycles. The van der Waals surface area contributed by atoms with Gasteiger partial charge in [0.05, 0.1) is 39.9 Å². The highest BCUT2D eigenvalue weighted by Crippen LogP contribution is 2.43. The molecule has 0 aliphatic heterocycles. The number of unbranched alkanes of at least 4 members (excludes halogenated alkanes) is 35. The number of quaternary nitrogens is 1. The van der Waals surface area contributed by atoms with E-state index in [0.717, 1.165) is 44.9 Å². The van der Waals surface area contributed by atoms with Gasteiger partial charge in [-0.1, -0.05) is 255 Å². The van der Waals surface area contributed by atoms with Crippen molar-refractivity contribution in [2.24, 2.45) is 0 Å².